The van der Waals surface area contributed by atoms with E-state index in [9.17, 15) is 14.9 Å². The van der Waals surface area contributed by atoms with Crippen LogP contribution in [0.25, 0.3) is 0 Å². The van der Waals surface area contributed by atoms with Crippen molar-refractivity contribution >= 4 is 40.1 Å². The van der Waals surface area contributed by atoms with Gasteiger partial charge in [0.1, 0.15) is 4.92 Å². The van der Waals surface area contributed by atoms with Gasteiger partial charge in [-0.05, 0) is 53.3 Å². The number of amides is 1. The number of benzene rings is 1. The Hall–Kier alpha value is -1.90. The van der Waals surface area contributed by atoms with Gasteiger partial charge >= 0.3 is 5.88 Å². The van der Waals surface area contributed by atoms with E-state index < -0.39 is 16.7 Å². The Morgan fingerprint density at radius 1 is 1.37 bits per heavy atom. The van der Waals surface area contributed by atoms with Crippen LogP contribution in [0.15, 0.2) is 34.7 Å². The minimum absolute atomic E-state index is 0.0926. The summed E-state index contributed by atoms with van der Waals surface area (Å²) < 4.78 is 5.85. The van der Waals surface area contributed by atoms with E-state index in [2.05, 4.69) is 27.9 Å². The molecule has 6 nitrogen and oxygen atoms in total. The van der Waals surface area contributed by atoms with Crippen molar-refractivity contribution in [3.63, 3.8) is 0 Å². The van der Waals surface area contributed by atoms with Crippen molar-refractivity contribution in [2.75, 3.05) is 5.32 Å². The number of nitrogens with one attached hydrogen (secondary N) is 1. The molecule has 1 amide bonds. The van der Waals surface area contributed by atoms with E-state index in [0.717, 1.165) is 15.2 Å². The number of rotatable bonds is 3. The highest BCUT2D eigenvalue weighted by Gasteiger charge is 2.17. The summed E-state index contributed by atoms with van der Waals surface area (Å²) >= 11 is 2.16. The van der Waals surface area contributed by atoms with E-state index in [1.165, 1.54) is 6.07 Å². The molecule has 1 N–H and O–H groups in total. The zero-order chi connectivity index (χ0) is 14.0. The fourth-order valence-electron chi connectivity index (χ4n) is 1.47. The second-order valence-electron chi connectivity index (χ2n) is 3.76. The fraction of sp³-hybridized carbons (Fsp3) is 0.0833. The van der Waals surface area contributed by atoms with Crippen molar-refractivity contribution in [3.05, 3.63) is 55.3 Å². The highest BCUT2D eigenvalue weighted by molar-refractivity contribution is 14.1. The molecule has 0 aliphatic rings. The maximum absolute atomic E-state index is 11.9. The number of halogens is 1. The summed E-state index contributed by atoms with van der Waals surface area (Å²) in [6, 6.07) is 7.91. The number of furan rings is 1. The van der Waals surface area contributed by atoms with Gasteiger partial charge in [0.2, 0.25) is 0 Å². The largest absolute Gasteiger partial charge is 0.433 e. The van der Waals surface area contributed by atoms with Crippen molar-refractivity contribution in [3.8, 4) is 0 Å². The van der Waals surface area contributed by atoms with Crippen LogP contribution in [0.5, 0.6) is 0 Å². The lowest BCUT2D eigenvalue weighted by Crippen LogP contribution is -2.12. The first-order chi connectivity index (χ1) is 8.99. The SMILES string of the molecule is Cc1c(I)cccc1NC(=O)c1ccc([N+](=O)[O-])o1. The van der Waals surface area contributed by atoms with Crippen LogP contribution in [0.4, 0.5) is 11.6 Å². The van der Waals surface area contributed by atoms with Crippen molar-refractivity contribution in [2.45, 2.75) is 6.92 Å². The lowest BCUT2D eigenvalue weighted by atomic mass is 10.2. The van der Waals surface area contributed by atoms with Gasteiger partial charge in [-0.1, -0.05) is 6.07 Å². The molecule has 0 unspecified atom stereocenters. The molecule has 19 heavy (non-hydrogen) atoms. The topological polar surface area (TPSA) is 85.4 Å². The van der Waals surface area contributed by atoms with Gasteiger partial charge in [0.15, 0.2) is 5.76 Å². The molecule has 0 aliphatic carbocycles. The molecule has 0 atom stereocenters. The molecule has 1 heterocycles. The summed E-state index contributed by atoms with van der Waals surface area (Å²) in [7, 11) is 0. The third-order valence-corrected chi connectivity index (χ3v) is 3.68. The fourth-order valence-corrected chi connectivity index (χ4v) is 1.97. The Kier molecular flexibility index (Phi) is 3.84. The van der Waals surface area contributed by atoms with E-state index in [4.69, 9.17) is 4.42 Å². The highest BCUT2D eigenvalue weighted by Crippen LogP contribution is 2.22. The molecule has 0 saturated heterocycles. The summed E-state index contributed by atoms with van der Waals surface area (Å²) in [6.07, 6.45) is 0. The van der Waals surface area contributed by atoms with Crippen LogP contribution in [0.1, 0.15) is 16.1 Å². The van der Waals surface area contributed by atoms with Gasteiger partial charge in [0.25, 0.3) is 5.91 Å². The Labute approximate surface area is 122 Å². The predicted molar refractivity (Wildman–Crippen MR) is 77.2 cm³/mol. The Morgan fingerprint density at radius 3 is 2.74 bits per heavy atom. The van der Waals surface area contributed by atoms with Crippen molar-refractivity contribution in [2.24, 2.45) is 0 Å². The molecule has 1 aromatic carbocycles. The Bertz CT molecular complexity index is 651. The van der Waals surface area contributed by atoms with E-state index in [1.54, 1.807) is 6.07 Å². The minimum atomic E-state index is -0.687. The van der Waals surface area contributed by atoms with Gasteiger partial charge < -0.3 is 9.73 Å². The number of carbonyl (C=O) groups is 1. The van der Waals surface area contributed by atoms with Gasteiger partial charge in [-0.15, -0.1) is 0 Å². The first-order valence-electron chi connectivity index (χ1n) is 5.29. The number of nitro groups is 1. The van der Waals surface area contributed by atoms with E-state index in [0.29, 0.717) is 5.69 Å². The molecule has 0 aliphatic heterocycles. The molecule has 0 spiro atoms. The lowest BCUT2D eigenvalue weighted by Gasteiger charge is -2.07. The highest BCUT2D eigenvalue weighted by atomic mass is 127. The van der Waals surface area contributed by atoms with Gasteiger partial charge in [-0.3, -0.25) is 14.9 Å². The van der Waals surface area contributed by atoms with E-state index in [1.807, 2.05) is 19.1 Å². The summed E-state index contributed by atoms with van der Waals surface area (Å²) in [5, 5.41) is 13.1. The third-order valence-electron chi connectivity index (χ3n) is 2.51. The average Bonchev–Trinajstić information content (AvgIpc) is 2.84. The molecular weight excluding hydrogens is 363 g/mol. The molecule has 0 fully saturated rings. The number of nitrogens with zero attached hydrogens (tertiary/aromatic N) is 1. The summed E-state index contributed by atoms with van der Waals surface area (Å²) in [5.41, 5.74) is 1.58. The van der Waals surface area contributed by atoms with Crippen LogP contribution in [0.3, 0.4) is 0 Å². The summed E-state index contributed by atoms with van der Waals surface area (Å²) in [5.74, 6) is -1.06. The summed E-state index contributed by atoms with van der Waals surface area (Å²) in [4.78, 5) is 21.7. The van der Waals surface area contributed by atoms with Crippen LogP contribution in [0, 0.1) is 20.6 Å². The van der Waals surface area contributed by atoms with Crippen LogP contribution in [-0.4, -0.2) is 10.8 Å². The molecule has 7 heteroatoms. The second kappa shape index (κ2) is 5.39. The smallest absolute Gasteiger partial charge is 0.395 e. The van der Waals surface area contributed by atoms with Gasteiger partial charge in [0, 0.05) is 9.26 Å². The van der Waals surface area contributed by atoms with Gasteiger partial charge in [-0.25, -0.2) is 0 Å². The number of anilines is 1. The van der Waals surface area contributed by atoms with Crippen LogP contribution >= 0.6 is 22.6 Å². The maximum atomic E-state index is 11.9. The van der Waals surface area contributed by atoms with Crippen molar-refractivity contribution in [1.82, 2.24) is 0 Å². The molecule has 98 valence electrons. The monoisotopic (exact) mass is 372 g/mol. The first-order valence-corrected chi connectivity index (χ1v) is 6.37. The number of hydrogen-bond donors (Lipinski definition) is 1. The zero-order valence-electron chi connectivity index (χ0n) is 9.84. The minimum Gasteiger partial charge on any atom is -0.395 e. The molecule has 0 radical (unpaired) electrons. The lowest BCUT2D eigenvalue weighted by molar-refractivity contribution is -0.402. The molecule has 0 bridgehead atoms. The van der Waals surface area contributed by atoms with Gasteiger partial charge in [0.05, 0.1) is 6.07 Å². The zero-order valence-corrected chi connectivity index (χ0v) is 12.0. The number of carbonyl (C=O) groups excluding carboxylic acids is 1. The van der Waals surface area contributed by atoms with Crippen LogP contribution < -0.4 is 5.32 Å². The second-order valence-corrected chi connectivity index (χ2v) is 4.92. The summed E-state index contributed by atoms with van der Waals surface area (Å²) in [6.45, 7) is 1.88. The van der Waals surface area contributed by atoms with Crippen molar-refractivity contribution in [1.29, 1.82) is 0 Å². The molecule has 1 aromatic heterocycles. The van der Waals surface area contributed by atoms with E-state index in [-0.39, 0.29) is 5.76 Å². The van der Waals surface area contributed by atoms with Crippen LogP contribution in [-0.2, 0) is 0 Å². The molecule has 2 rings (SSSR count). The third kappa shape index (κ3) is 2.92. The molecular formula is C12H9IN2O4. The number of hydrogen-bond acceptors (Lipinski definition) is 4. The maximum Gasteiger partial charge on any atom is 0.433 e. The van der Waals surface area contributed by atoms with Crippen molar-refractivity contribution < 1.29 is 14.1 Å². The predicted octanol–water partition coefficient (Wildman–Crippen LogP) is 3.35. The molecule has 2 aromatic rings. The Balaban J connectivity index is 2.21. The quantitative estimate of drug-likeness (QED) is 0.509. The normalized spacial score (nSPS) is 10.2. The first kappa shape index (κ1) is 13.5. The van der Waals surface area contributed by atoms with E-state index >= 15 is 0 Å². The van der Waals surface area contributed by atoms with Crippen LogP contribution in [0.2, 0.25) is 0 Å². The van der Waals surface area contributed by atoms with Gasteiger partial charge in [-0.2, -0.15) is 0 Å². The Morgan fingerprint density at radius 2 is 2.11 bits per heavy atom. The standard InChI is InChI=1S/C12H9IN2O4/c1-7-8(13)3-2-4-9(7)14-12(16)10-5-6-11(19-10)15(17)18/h2-6H,1H3,(H,14,16). The molecule has 0 saturated carbocycles. The average molecular weight is 372 g/mol.